The van der Waals surface area contributed by atoms with Gasteiger partial charge in [0.15, 0.2) is 0 Å². The third-order valence-electron chi connectivity index (χ3n) is 3.55. The first-order valence-corrected chi connectivity index (χ1v) is 7.24. The van der Waals surface area contributed by atoms with Gasteiger partial charge in [0.05, 0.1) is 5.69 Å². The summed E-state index contributed by atoms with van der Waals surface area (Å²) in [6.07, 6.45) is -0.660. The Balaban J connectivity index is 1.99. The molecule has 0 bridgehead atoms. The molecule has 0 saturated carbocycles. The third-order valence-corrected chi connectivity index (χ3v) is 3.55. The van der Waals surface area contributed by atoms with Crippen LogP contribution in [0.15, 0.2) is 42.5 Å². The van der Waals surface area contributed by atoms with Gasteiger partial charge in [-0.25, -0.2) is 0 Å². The molecule has 3 N–H and O–H groups in total. The molecule has 2 aromatic carbocycles. The van der Waals surface area contributed by atoms with E-state index in [4.69, 9.17) is 10.5 Å². The van der Waals surface area contributed by atoms with Gasteiger partial charge in [-0.05, 0) is 41.7 Å². The first-order valence-electron chi connectivity index (χ1n) is 7.24. The van der Waals surface area contributed by atoms with Gasteiger partial charge in [0.2, 0.25) is 0 Å². The summed E-state index contributed by atoms with van der Waals surface area (Å²) in [5.74, 6) is 1.10. The Kier molecular flexibility index (Phi) is 4.86. The summed E-state index contributed by atoms with van der Waals surface area (Å²) < 4.78 is 5.61. The summed E-state index contributed by atoms with van der Waals surface area (Å²) >= 11 is 0. The van der Waals surface area contributed by atoms with Crippen molar-refractivity contribution in [2.45, 2.75) is 32.8 Å². The Labute approximate surface area is 126 Å². The van der Waals surface area contributed by atoms with E-state index >= 15 is 0 Å². The smallest absolute Gasteiger partial charge is 0.142 e. The van der Waals surface area contributed by atoms with Gasteiger partial charge >= 0.3 is 0 Å². The molecule has 0 saturated heterocycles. The second-order valence-electron chi connectivity index (χ2n) is 5.69. The summed E-state index contributed by atoms with van der Waals surface area (Å²) in [6.45, 7) is 6.46. The van der Waals surface area contributed by atoms with E-state index in [2.05, 4.69) is 13.8 Å². The highest BCUT2D eigenvalue weighted by Gasteiger charge is 2.10. The molecular formula is C18H23NO2. The lowest BCUT2D eigenvalue weighted by Gasteiger charge is -2.15. The van der Waals surface area contributed by atoms with Crippen LogP contribution in [0.3, 0.4) is 0 Å². The van der Waals surface area contributed by atoms with Crippen molar-refractivity contribution in [2.75, 3.05) is 12.3 Å². The van der Waals surface area contributed by atoms with Crippen molar-refractivity contribution in [1.29, 1.82) is 0 Å². The molecule has 0 aliphatic carbocycles. The summed E-state index contributed by atoms with van der Waals surface area (Å²) in [6, 6.07) is 13.6. The Morgan fingerprint density at radius 1 is 1.05 bits per heavy atom. The SMILES string of the molecule is Cc1ccc(OCC(O)c2ccc(C(C)C)cc2)c(N)c1. The minimum absolute atomic E-state index is 0.189. The van der Waals surface area contributed by atoms with E-state index in [1.54, 1.807) is 0 Å². The molecule has 0 amide bonds. The predicted molar refractivity (Wildman–Crippen MR) is 86.6 cm³/mol. The molecule has 0 fully saturated rings. The Morgan fingerprint density at radius 3 is 2.24 bits per heavy atom. The lowest BCUT2D eigenvalue weighted by molar-refractivity contribution is 0.108. The maximum Gasteiger partial charge on any atom is 0.142 e. The van der Waals surface area contributed by atoms with Crippen LogP contribution in [0.4, 0.5) is 5.69 Å². The van der Waals surface area contributed by atoms with Crippen LogP contribution < -0.4 is 10.5 Å². The quantitative estimate of drug-likeness (QED) is 0.821. The van der Waals surface area contributed by atoms with Gasteiger partial charge in [-0.2, -0.15) is 0 Å². The Hall–Kier alpha value is -2.00. The van der Waals surface area contributed by atoms with Crippen molar-refractivity contribution in [3.8, 4) is 5.75 Å². The molecule has 3 nitrogen and oxygen atoms in total. The molecule has 112 valence electrons. The van der Waals surface area contributed by atoms with E-state index in [1.165, 1.54) is 5.56 Å². The Morgan fingerprint density at radius 2 is 1.67 bits per heavy atom. The molecule has 2 rings (SSSR count). The van der Waals surface area contributed by atoms with Crippen LogP contribution in [0, 0.1) is 6.92 Å². The standard InChI is InChI=1S/C18H23NO2/c1-12(2)14-5-7-15(8-6-14)17(20)11-21-18-9-4-13(3)10-16(18)19/h4-10,12,17,20H,11,19H2,1-3H3. The van der Waals surface area contributed by atoms with Crippen LogP contribution in [0.25, 0.3) is 0 Å². The molecule has 0 radical (unpaired) electrons. The summed E-state index contributed by atoms with van der Waals surface area (Å²) in [5, 5.41) is 10.2. The van der Waals surface area contributed by atoms with Crippen LogP contribution >= 0.6 is 0 Å². The van der Waals surface area contributed by atoms with Crippen LogP contribution in [-0.4, -0.2) is 11.7 Å². The maximum atomic E-state index is 10.2. The molecule has 0 aliphatic heterocycles. The summed E-state index contributed by atoms with van der Waals surface area (Å²) in [7, 11) is 0. The van der Waals surface area contributed by atoms with Gasteiger partial charge in [-0.3, -0.25) is 0 Å². The largest absolute Gasteiger partial charge is 0.488 e. The number of hydrogen-bond acceptors (Lipinski definition) is 3. The monoisotopic (exact) mass is 285 g/mol. The fourth-order valence-corrected chi connectivity index (χ4v) is 2.17. The number of aryl methyl sites for hydroxylation is 1. The second-order valence-corrected chi connectivity index (χ2v) is 5.69. The number of aliphatic hydroxyl groups is 1. The number of ether oxygens (including phenoxy) is 1. The minimum atomic E-state index is -0.660. The number of hydrogen-bond donors (Lipinski definition) is 2. The van der Waals surface area contributed by atoms with Crippen molar-refractivity contribution in [3.63, 3.8) is 0 Å². The van der Waals surface area contributed by atoms with Crippen LogP contribution in [0.2, 0.25) is 0 Å². The zero-order chi connectivity index (χ0) is 15.4. The van der Waals surface area contributed by atoms with Crippen molar-refractivity contribution in [1.82, 2.24) is 0 Å². The topological polar surface area (TPSA) is 55.5 Å². The molecular weight excluding hydrogens is 262 g/mol. The number of benzene rings is 2. The molecule has 0 aromatic heterocycles. The van der Waals surface area contributed by atoms with Crippen LogP contribution in [-0.2, 0) is 0 Å². The van der Waals surface area contributed by atoms with Crippen LogP contribution in [0.5, 0.6) is 5.75 Å². The summed E-state index contributed by atoms with van der Waals surface area (Å²) in [4.78, 5) is 0. The minimum Gasteiger partial charge on any atom is -0.488 e. The van der Waals surface area contributed by atoms with Gasteiger partial charge in [0.25, 0.3) is 0 Å². The summed E-state index contributed by atoms with van der Waals surface area (Å²) in [5.41, 5.74) is 9.69. The zero-order valence-electron chi connectivity index (χ0n) is 12.8. The molecule has 3 heteroatoms. The highest BCUT2D eigenvalue weighted by molar-refractivity contribution is 5.54. The molecule has 0 spiro atoms. The van der Waals surface area contributed by atoms with E-state index in [9.17, 15) is 5.11 Å². The van der Waals surface area contributed by atoms with Gasteiger partial charge in [0, 0.05) is 0 Å². The lowest BCUT2D eigenvalue weighted by atomic mass is 10.0. The number of nitrogens with two attached hydrogens (primary N) is 1. The van der Waals surface area contributed by atoms with E-state index in [1.807, 2.05) is 49.4 Å². The van der Waals surface area contributed by atoms with Gasteiger partial charge in [-0.15, -0.1) is 0 Å². The zero-order valence-corrected chi connectivity index (χ0v) is 12.8. The van der Waals surface area contributed by atoms with Gasteiger partial charge < -0.3 is 15.6 Å². The fraction of sp³-hybridized carbons (Fsp3) is 0.333. The highest BCUT2D eigenvalue weighted by Crippen LogP contribution is 2.24. The van der Waals surface area contributed by atoms with E-state index in [-0.39, 0.29) is 6.61 Å². The van der Waals surface area contributed by atoms with Crippen LogP contribution in [0.1, 0.15) is 42.6 Å². The molecule has 0 aliphatic rings. The molecule has 2 aromatic rings. The third kappa shape index (κ3) is 3.99. The fourth-order valence-electron chi connectivity index (χ4n) is 2.17. The van der Waals surface area contributed by atoms with E-state index < -0.39 is 6.10 Å². The number of anilines is 1. The maximum absolute atomic E-state index is 10.2. The number of nitrogen functional groups attached to an aromatic ring is 1. The first-order chi connectivity index (χ1) is 9.97. The van der Waals surface area contributed by atoms with Crippen molar-refractivity contribution in [2.24, 2.45) is 0 Å². The Bertz CT molecular complexity index is 591. The molecule has 0 heterocycles. The predicted octanol–water partition coefficient (Wildman–Crippen LogP) is 3.81. The lowest BCUT2D eigenvalue weighted by Crippen LogP contribution is -2.10. The average molecular weight is 285 g/mol. The van der Waals surface area contributed by atoms with E-state index in [0.717, 1.165) is 11.1 Å². The van der Waals surface area contributed by atoms with Gasteiger partial charge in [-0.1, -0.05) is 44.2 Å². The van der Waals surface area contributed by atoms with Crippen molar-refractivity contribution < 1.29 is 9.84 Å². The normalized spacial score (nSPS) is 12.4. The van der Waals surface area contributed by atoms with Gasteiger partial charge in [0.1, 0.15) is 18.5 Å². The number of aliphatic hydroxyl groups excluding tert-OH is 1. The van der Waals surface area contributed by atoms with Crippen molar-refractivity contribution in [3.05, 3.63) is 59.2 Å². The molecule has 1 atom stereocenters. The molecule has 21 heavy (non-hydrogen) atoms. The second kappa shape index (κ2) is 6.64. The first kappa shape index (κ1) is 15.4. The number of rotatable bonds is 5. The highest BCUT2D eigenvalue weighted by atomic mass is 16.5. The molecule has 1 unspecified atom stereocenters. The van der Waals surface area contributed by atoms with E-state index in [0.29, 0.717) is 17.4 Å². The van der Waals surface area contributed by atoms with Crippen molar-refractivity contribution >= 4 is 5.69 Å². The average Bonchev–Trinajstić information content (AvgIpc) is 2.46.